The summed E-state index contributed by atoms with van der Waals surface area (Å²) in [5, 5.41) is 4.81. The zero-order chi connectivity index (χ0) is 14.8. The largest absolute Gasteiger partial charge is 0.416 e. The number of halogens is 3. The molecule has 20 heavy (non-hydrogen) atoms. The first-order chi connectivity index (χ1) is 9.40. The third-order valence-corrected chi connectivity index (χ3v) is 3.57. The van der Waals surface area contributed by atoms with E-state index in [-0.39, 0.29) is 12.3 Å². The second kappa shape index (κ2) is 5.62. The van der Waals surface area contributed by atoms with Gasteiger partial charge in [-0.25, -0.2) is 4.98 Å². The summed E-state index contributed by atoms with van der Waals surface area (Å²) in [7, 11) is 1.53. The van der Waals surface area contributed by atoms with Gasteiger partial charge in [-0.05, 0) is 12.1 Å². The average molecular weight is 300 g/mol. The summed E-state index contributed by atoms with van der Waals surface area (Å²) >= 11 is 1.30. The molecule has 1 N–H and O–H groups in total. The zero-order valence-electron chi connectivity index (χ0n) is 10.5. The maximum atomic E-state index is 12.5. The molecule has 0 saturated heterocycles. The lowest BCUT2D eigenvalue weighted by Crippen LogP contribution is -2.19. The molecule has 3 nitrogen and oxygen atoms in total. The molecule has 0 unspecified atom stereocenters. The number of nitrogens with zero attached hydrogens (tertiary/aromatic N) is 1. The van der Waals surface area contributed by atoms with E-state index in [1.165, 1.54) is 30.5 Å². The molecule has 0 fully saturated rings. The lowest BCUT2D eigenvalue weighted by Gasteiger charge is -2.06. The number of thiazole rings is 1. The maximum Gasteiger partial charge on any atom is 0.416 e. The van der Waals surface area contributed by atoms with Crippen LogP contribution >= 0.6 is 11.3 Å². The van der Waals surface area contributed by atoms with E-state index < -0.39 is 11.7 Å². The van der Waals surface area contributed by atoms with E-state index in [9.17, 15) is 18.0 Å². The summed E-state index contributed by atoms with van der Waals surface area (Å²) < 4.78 is 37.4. The molecule has 0 spiro atoms. The van der Waals surface area contributed by atoms with Gasteiger partial charge in [0.15, 0.2) is 0 Å². The van der Waals surface area contributed by atoms with Crippen LogP contribution in [0, 0.1) is 0 Å². The Morgan fingerprint density at radius 3 is 2.50 bits per heavy atom. The van der Waals surface area contributed by atoms with Crippen LogP contribution in [0.3, 0.4) is 0 Å². The maximum absolute atomic E-state index is 12.5. The molecule has 106 valence electrons. The van der Waals surface area contributed by atoms with Crippen LogP contribution < -0.4 is 5.32 Å². The van der Waals surface area contributed by atoms with Gasteiger partial charge >= 0.3 is 6.18 Å². The molecular formula is C13H11F3N2OS. The van der Waals surface area contributed by atoms with Crippen LogP contribution in [0.25, 0.3) is 10.6 Å². The van der Waals surface area contributed by atoms with Crippen molar-refractivity contribution in [1.29, 1.82) is 0 Å². The van der Waals surface area contributed by atoms with Gasteiger partial charge in [0, 0.05) is 18.0 Å². The van der Waals surface area contributed by atoms with Crippen molar-refractivity contribution in [3.8, 4) is 10.6 Å². The first-order valence-electron chi connectivity index (χ1n) is 5.73. The number of aromatic nitrogens is 1. The summed E-state index contributed by atoms with van der Waals surface area (Å²) in [5.41, 5.74) is 0.513. The smallest absolute Gasteiger partial charge is 0.359 e. The Morgan fingerprint density at radius 2 is 1.95 bits per heavy atom. The van der Waals surface area contributed by atoms with Gasteiger partial charge in [-0.1, -0.05) is 12.1 Å². The Morgan fingerprint density at radius 1 is 1.30 bits per heavy atom. The number of nitrogens with one attached hydrogen (secondary N) is 1. The van der Waals surface area contributed by atoms with Crippen molar-refractivity contribution < 1.29 is 18.0 Å². The normalized spacial score (nSPS) is 11.4. The van der Waals surface area contributed by atoms with E-state index in [2.05, 4.69) is 10.3 Å². The van der Waals surface area contributed by atoms with Crippen molar-refractivity contribution in [1.82, 2.24) is 10.3 Å². The van der Waals surface area contributed by atoms with Gasteiger partial charge in [-0.3, -0.25) is 4.79 Å². The Hall–Kier alpha value is -1.89. The number of carbonyl (C=O) groups is 1. The lowest BCUT2D eigenvalue weighted by molar-refractivity contribution is -0.137. The molecule has 0 aliphatic carbocycles. The highest BCUT2D eigenvalue weighted by Gasteiger charge is 2.30. The SMILES string of the molecule is CNC(=O)Cc1csc(-c2ccc(C(F)(F)F)cc2)n1. The van der Waals surface area contributed by atoms with E-state index >= 15 is 0 Å². The molecule has 0 aliphatic heterocycles. The van der Waals surface area contributed by atoms with Crippen molar-refractivity contribution in [3.05, 3.63) is 40.9 Å². The van der Waals surface area contributed by atoms with Gasteiger partial charge in [0.2, 0.25) is 5.91 Å². The van der Waals surface area contributed by atoms with Crippen LogP contribution in [0.2, 0.25) is 0 Å². The van der Waals surface area contributed by atoms with Crippen molar-refractivity contribution >= 4 is 17.2 Å². The number of rotatable bonds is 3. The van der Waals surface area contributed by atoms with E-state index in [1.54, 1.807) is 5.38 Å². The molecule has 0 bridgehead atoms. The molecule has 1 aromatic heterocycles. The molecule has 0 atom stereocenters. The highest BCUT2D eigenvalue weighted by atomic mass is 32.1. The third kappa shape index (κ3) is 3.36. The molecule has 0 saturated carbocycles. The minimum absolute atomic E-state index is 0.158. The number of likely N-dealkylation sites (N-methyl/N-ethyl adjacent to an activating group) is 1. The van der Waals surface area contributed by atoms with Crippen molar-refractivity contribution in [2.75, 3.05) is 7.05 Å². The topological polar surface area (TPSA) is 42.0 Å². The molecule has 1 amide bonds. The standard InChI is InChI=1S/C13H11F3N2OS/c1-17-11(19)6-10-7-20-12(18-10)8-2-4-9(5-3-8)13(14,15)16/h2-5,7H,6H2,1H3,(H,17,19). The molecule has 1 heterocycles. The predicted molar refractivity (Wildman–Crippen MR) is 70.3 cm³/mol. The van der Waals surface area contributed by atoms with E-state index in [1.807, 2.05) is 0 Å². The predicted octanol–water partition coefficient (Wildman–Crippen LogP) is 3.12. The fraction of sp³-hybridized carbons (Fsp3) is 0.231. The summed E-state index contributed by atoms with van der Waals surface area (Å²) in [5.74, 6) is -0.158. The molecule has 1 aromatic carbocycles. The van der Waals surface area contributed by atoms with E-state index in [0.717, 1.165) is 12.1 Å². The van der Waals surface area contributed by atoms with Crippen molar-refractivity contribution in [3.63, 3.8) is 0 Å². The van der Waals surface area contributed by atoms with Gasteiger partial charge in [-0.15, -0.1) is 11.3 Å². The number of carbonyl (C=O) groups excluding carboxylic acids is 1. The third-order valence-electron chi connectivity index (χ3n) is 2.63. The Kier molecular flexibility index (Phi) is 4.08. The van der Waals surface area contributed by atoms with E-state index in [0.29, 0.717) is 16.3 Å². The summed E-state index contributed by atoms with van der Waals surface area (Å²) in [6.45, 7) is 0. The zero-order valence-corrected chi connectivity index (χ0v) is 11.3. The summed E-state index contributed by atoms with van der Waals surface area (Å²) in [4.78, 5) is 15.4. The van der Waals surface area contributed by atoms with Gasteiger partial charge in [0.05, 0.1) is 17.7 Å². The fourth-order valence-corrected chi connectivity index (χ4v) is 2.40. The summed E-state index contributed by atoms with van der Waals surface area (Å²) in [6.07, 6.45) is -4.18. The highest BCUT2D eigenvalue weighted by molar-refractivity contribution is 7.13. The minimum atomic E-state index is -4.34. The van der Waals surface area contributed by atoms with Crippen LogP contribution in [0.15, 0.2) is 29.6 Å². The van der Waals surface area contributed by atoms with Crippen LogP contribution in [-0.4, -0.2) is 17.9 Å². The number of amides is 1. The summed E-state index contributed by atoms with van der Waals surface area (Å²) in [6, 6.07) is 4.81. The van der Waals surface area contributed by atoms with Crippen LogP contribution in [0.1, 0.15) is 11.3 Å². The van der Waals surface area contributed by atoms with Crippen LogP contribution in [-0.2, 0) is 17.4 Å². The highest BCUT2D eigenvalue weighted by Crippen LogP contribution is 2.31. The Bertz CT molecular complexity index is 605. The number of hydrogen-bond donors (Lipinski definition) is 1. The van der Waals surface area contributed by atoms with Crippen molar-refractivity contribution in [2.24, 2.45) is 0 Å². The lowest BCUT2D eigenvalue weighted by atomic mass is 10.1. The number of benzene rings is 1. The van der Waals surface area contributed by atoms with Crippen molar-refractivity contribution in [2.45, 2.75) is 12.6 Å². The Balaban J connectivity index is 2.18. The molecule has 2 aromatic rings. The molecular weight excluding hydrogens is 289 g/mol. The first kappa shape index (κ1) is 14.5. The Labute approximate surface area is 117 Å². The van der Waals surface area contributed by atoms with Crippen LogP contribution in [0.4, 0.5) is 13.2 Å². The van der Waals surface area contributed by atoms with Gasteiger partial charge in [-0.2, -0.15) is 13.2 Å². The second-order valence-corrected chi connectivity index (χ2v) is 4.93. The average Bonchev–Trinajstić information content (AvgIpc) is 2.86. The van der Waals surface area contributed by atoms with Gasteiger partial charge in [0.1, 0.15) is 5.01 Å². The molecule has 0 aliphatic rings. The van der Waals surface area contributed by atoms with Gasteiger partial charge < -0.3 is 5.32 Å². The molecule has 0 radical (unpaired) electrons. The number of alkyl halides is 3. The fourth-order valence-electron chi connectivity index (χ4n) is 1.58. The monoisotopic (exact) mass is 300 g/mol. The minimum Gasteiger partial charge on any atom is -0.359 e. The molecule has 2 rings (SSSR count). The first-order valence-corrected chi connectivity index (χ1v) is 6.60. The van der Waals surface area contributed by atoms with Gasteiger partial charge in [0.25, 0.3) is 0 Å². The van der Waals surface area contributed by atoms with Crippen LogP contribution in [0.5, 0.6) is 0 Å². The molecule has 7 heteroatoms. The quantitative estimate of drug-likeness (QED) is 0.946. The second-order valence-electron chi connectivity index (χ2n) is 4.07. The number of hydrogen-bond acceptors (Lipinski definition) is 3. The van der Waals surface area contributed by atoms with E-state index in [4.69, 9.17) is 0 Å².